The Bertz CT molecular complexity index is 2220. The van der Waals surface area contributed by atoms with Crippen LogP contribution in [0.4, 0.5) is 65.9 Å². The second kappa shape index (κ2) is 15.5. The monoisotopic (exact) mass is 988 g/mol. The van der Waals surface area contributed by atoms with Crippen molar-refractivity contribution in [3.63, 3.8) is 0 Å². The summed E-state index contributed by atoms with van der Waals surface area (Å²) in [6, 6.07) is 22.9. The van der Waals surface area contributed by atoms with Gasteiger partial charge in [-0.15, -0.1) is 0 Å². The molecular weight excluding hydrogens is 954 g/mol. The van der Waals surface area contributed by atoms with E-state index in [-0.39, 0.29) is 38.9 Å². The molecule has 3 aromatic rings. The lowest BCUT2D eigenvalue weighted by Crippen LogP contribution is -2.77. The Kier molecular flexibility index (Phi) is 11.4. The van der Waals surface area contributed by atoms with Gasteiger partial charge in [-0.25, -0.2) is 8.42 Å². The van der Waals surface area contributed by atoms with Gasteiger partial charge in [-0.2, -0.15) is 65.9 Å². The van der Waals surface area contributed by atoms with Crippen LogP contribution in [-0.2, 0) is 30.5 Å². The van der Waals surface area contributed by atoms with Crippen molar-refractivity contribution in [2.75, 3.05) is 13.2 Å². The molecule has 8 unspecified atom stereocenters. The summed E-state index contributed by atoms with van der Waals surface area (Å²) >= 11 is 0. The number of alkyl halides is 15. The van der Waals surface area contributed by atoms with E-state index in [2.05, 4.69) is 0 Å². The molecule has 0 amide bonds. The van der Waals surface area contributed by atoms with Crippen molar-refractivity contribution < 1.29 is 97.8 Å². The molecule has 0 spiro atoms. The second-order valence-corrected chi connectivity index (χ2v) is 20.6. The first-order chi connectivity index (χ1) is 29.9. The third kappa shape index (κ3) is 7.35. The normalized spacial score (nSPS) is 31.4. The molecule has 2 heterocycles. The zero-order chi connectivity index (χ0) is 47.6. The van der Waals surface area contributed by atoms with E-state index < -0.39 is 109 Å². The summed E-state index contributed by atoms with van der Waals surface area (Å²) in [6.07, 6.45) is -24.0. The maximum atomic E-state index is 14.1. The van der Waals surface area contributed by atoms with Crippen molar-refractivity contribution in [1.29, 1.82) is 0 Å². The molecule has 4 saturated carbocycles. The van der Waals surface area contributed by atoms with E-state index in [1.807, 2.05) is 12.1 Å². The molecule has 2 aliphatic heterocycles. The molecule has 7 nitrogen and oxygen atoms in total. The van der Waals surface area contributed by atoms with Crippen LogP contribution >= 0.6 is 0 Å². The van der Waals surface area contributed by atoms with Gasteiger partial charge in [-0.05, 0) is 86.8 Å². The third-order valence-corrected chi connectivity index (χ3v) is 16.8. The van der Waals surface area contributed by atoms with Crippen molar-refractivity contribution in [1.82, 2.24) is 0 Å². The van der Waals surface area contributed by atoms with Crippen molar-refractivity contribution in [3.8, 4) is 11.5 Å². The first-order valence-corrected chi connectivity index (χ1v) is 22.5. The van der Waals surface area contributed by atoms with Gasteiger partial charge in [0.15, 0.2) is 26.5 Å². The molecule has 6 aliphatic rings. The first-order valence-electron chi connectivity index (χ1n) is 19.8. The lowest BCUT2D eigenvalue weighted by molar-refractivity contribution is -0.476. The van der Waals surface area contributed by atoms with Crippen LogP contribution in [0.1, 0.15) is 38.5 Å². The summed E-state index contributed by atoms with van der Waals surface area (Å²) in [7, 11) is -7.13. The SMILES string of the molecule is FC(F)(F)C1(C(F)(F)F)OC2C1C1CCC2(COc2ccccc2[S+](c2ccccc2)c2ccccc2OCC23CCC(C2)C2C3OC2(C(F)(F)F)C(F)(F)F)C1.O=S(=O)([O-])C(F)(F)F. The molecule has 65 heavy (non-hydrogen) atoms. The number of hydrogen-bond donors (Lipinski definition) is 0. The van der Waals surface area contributed by atoms with Gasteiger partial charge in [0.25, 0.3) is 11.2 Å². The molecule has 9 rings (SSSR count). The average molecular weight is 989 g/mol. The van der Waals surface area contributed by atoms with E-state index in [4.69, 9.17) is 31.9 Å². The van der Waals surface area contributed by atoms with Crippen LogP contribution in [0.25, 0.3) is 0 Å². The Labute approximate surface area is 363 Å². The summed E-state index contributed by atoms with van der Waals surface area (Å²) in [5, 5.41) is 0. The largest absolute Gasteiger partial charge is 0.741 e. The summed E-state index contributed by atoms with van der Waals surface area (Å²) in [4.78, 5) is 1.99. The molecule has 4 aliphatic carbocycles. The van der Waals surface area contributed by atoms with E-state index in [1.54, 1.807) is 66.7 Å². The fourth-order valence-corrected chi connectivity index (χ4v) is 13.6. The highest BCUT2D eigenvalue weighted by Crippen LogP contribution is 2.74. The predicted molar refractivity (Wildman–Crippen MR) is 194 cm³/mol. The van der Waals surface area contributed by atoms with Crippen LogP contribution in [0, 0.1) is 34.5 Å². The van der Waals surface area contributed by atoms with Gasteiger partial charge in [0.1, 0.15) is 10.9 Å². The van der Waals surface area contributed by atoms with E-state index in [0.717, 1.165) is 4.90 Å². The number of halogens is 15. The van der Waals surface area contributed by atoms with Crippen LogP contribution in [0.3, 0.4) is 0 Å². The summed E-state index contributed by atoms with van der Waals surface area (Å²) in [5.41, 5.74) is -16.2. The summed E-state index contributed by atoms with van der Waals surface area (Å²) < 4.78 is 250. The molecule has 24 heteroatoms. The minimum atomic E-state index is -6.09. The highest BCUT2D eigenvalue weighted by molar-refractivity contribution is 7.97. The topological polar surface area (TPSA) is 94.1 Å². The highest BCUT2D eigenvalue weighted by Gasteiger charge is 2.89. The van der Waals surface area contributed by atoms with Gasteiger partial charge in [0.05, 0.1) is 25.4 Å². The molecule has 6 fully saturated rings. The summed E-state index contributed by atoms with van der Waals surface area (Å²) in [5.74, 6) is -4.59. The number of fused-ring (bicyclic) bond motifs is 10. The number of rotatable bonds is 9. The van der Waals surface area contributed by atoms with Crippen LogP contribution in [0.2, 0.25) is 0 Å². The summed E-state index contributed by atoms with van der Waals surface area (Å²) in [6.45, 7) is -0.387. The zero-order valence-corrected chi connectivity index (χ0v) is 34.6. The highest BCUT2D eigenvalue weighted by atomic mass is 32.2. The first kappa shape index (κ1) is 47.9. The molecule has 0 aromatic heterocycles. The Balaban J connectivity index is 0.000000660. The standard InChI is InChI=1S/C40H35F12O4S.CHF3O3S/c41-37(42,43)35(38(44,45)46)29-22-14-16-33(18-22,31(29)55-35)20-53-25-10-4-6-12-27(25)57(24-8-2-1-3-9-24)28-13-7-5-11-26(28)54-21-34-17-15-23(19-34)30-32(34)56-36(30,39(47,48)49)40(50,51)52;2-1(3,4)8(5,6)7/h1-13,22-23,29-32H,14-21H2;(H,5,6,7)/q+1;/p-1. The number of ether oxygens (including phenoxy) is 4. The molecule has 4 bridgehead atoms. The predicted octanol–water partition coefficient (Wildman–Crippen LogP) is 10.9. The fourth-order valence-electron chi connectivity index (χ4n) is 11.3. The van der Waals surface area contributed by atoms with Gasteiger partial charge in [-0.3, -0.25) is 0 Å². The van der Waals surface area contributed by atoms with Gasteiger partial charge in [0.2, 0.25) is 9.79 Å². The Morgan fingerprint density at radius 1 is 0.569 bits per heavy atom. The molecular formula is C41H35F15O7S2. The van der Waals surface area contributed by atoms with Crippen LogP contribution < -0.4 is 9.47 Å². The third-order valence-electron chi connectivity index (χ3n) is 13.9. The number of benzene rings is 3. The quantitative estimate of drug-likeness (QED) is 0.0912. The Morgan fingerprint density at radius 2 is 0.908 bits per heavy atom. The number of para-hydroxylation sites is 2. The van der Waals surface area contributed by atoms with Gasteiger partial charge < -0.3 is 23.5 Å². The van der Waals surface area contributed by atoms with E-state index in [0.29, 0.717) is 34.1 Å². The lowest BCUT2D eigenvalue weighted by Gasteiger charge is -2.59. The molecule has 3 aromatic carbocycles. The second-order valence-electron chi connectivity index (χ2n) is 17.3. The Hall–Kier alpha value is -3.61. The van der Waals surface area contributed by atoms with Crippen molar-refractivity contribution in [2.45, 2.75) is 107 Å². The van der Waals surface area contributed by atoms with Gasteiger partial charge in [-0.1, -0.05) is 42.5 Å². The smallest absolute Gasteiger partial charge is 0.485 e. The maximum absolute atomic E-state index is 14.1. The van der Waals surface area contributed by atoms with Gasteiger partial charge in [0, 0.05) is 22.7 Å². The van der Waals surface area contributed by atoms with Crippen LogP contribution in [0.15, 0.2) is 93.5 Å². The van der Waals surface area contributed by atoms with E-state index >= 15 is 0 Å². The zero-order valence-electron chi connectivity index (χ0n) is 33.0. The molecule has 8 atom stereocenters. The minimum absolute atomic E-state index is 0.0840. The van der Waals surface area contributed by atoms with Crippen LogP contribution in [0.5, 0.6) is 11.5 Å². The molecule has 2 saturated heterocycles. The minimum Gasteiger partial charge on any atom is -0.741 e. The van der Waals surface area contributed by atoms with Crippen LogP contribution in [-0.4, -0.2) is 79.8 Å². The van der Waals surface area contributed by atoms with Crippen molar-refractivity contribution in [2.24, 2.45) is 34.5 Å². The van der Waals surface area contributed by atoms with Crippen molar-refractivity contribution >= 4 is 21.0 Å². The average Bonchev–Trinajstić information content (AvgIpc) is 3.87. The van der Waals surface area contributed by atoms with E-state index in [1.165, 1.54) is 0 Å². The van der Waals surface area contributed by atoms with Crippen molar-refractivity contribution in [3.05, 3.63) is 78.9 Å². The van der Waals surface area contributed by atoms with Gasteiger partial charge >= 0.3 is 30.2 Å². The molecule has 0 N–H and O–H groups in total. The maximum Gasteiger partial charge on any atom is 0.485 e. The Morgan fingerprint density at radius 3 is 1.25 bits per heavy atom. The molecule has 0 radical (unpaired) electrons. The lowest BCUT2D eigenvalue weighted by atomic mass is 9.64. The molecule has 358 valence electrons. The number of hydrogen-bond acceptors (Lipinski definition) is 7. The van der Waals surface area contributed by atoms with E-state index in [9.17, 15) is 65.9 Å². The fraction of sp³-hybridized carbons (Fsp3) is 0.561.